The number of fused-ring (bicyclic) bond motifs is 4. The maximum absolute atomic E-state index is 13.5. The van der Waals surface area contributed by atoms with Crippen molar-refractivity contribution in [2.45, 2.75) is 75.2 Å². The van der Waals surface area contributed by atoms with Gasteiger partial charge in [0.2, 0.25) is 10.0 Å². The normalized spacial score (nSPS) is 34.3. The molecule has 1 spiro atoms. The van der Waals surface area contributed by atoms with E-state index in [-0.39, 0.29) is 34.8 Å². The molecular weight excluding hydrogens is 598 g/mol. The summed E-state index contributed by atoms with van der Waals surface area (Å²) < 4.78 is 35.6. The number of carbonyl (C=O) groups excluding carboxylic acids is 1. The first kappa shape index (κ1) is 31.4. The number of hydrogen-bond donors (Lipinski definition) is 3. The summed E-state index contributed by atoms with van der Waals surface area (Å²) in [6.07, 6.45) is 8.68. The van der Waals surface area contributed by atoms with Crippen molar-refractivity contribution in [2.75, 3.05) is 31.6 Å². The molecule has 44 heavy (non-hydrogen) atoms. The van der Waals surface area contributed by atoms with Gasteiger partial charge in [-0.3, -0.25) is 4.79 Å². The lowest BCUT2D eigenvalue weighted by atomic mass is 9.68. The molecule has 0 radical (unpaired) electrons. The number of hydrogen-bond acceptors (Lipinski definition) is 7. The van der Waals surface area contributed by atoms with Gasteiger partial charge in [0, 0.05) is 35.1 Å². The molecule has 2 bridgehead atoms. The minimum Gasteiger partial charge on any atom is -0.490 e. The van der Waals surface area contributed by atoms with Crippen LogP contribution in [0.2, 0.25) is 5.02 Å². The number of benzene rings is 2. The van der Waals surface area contributed by atoms with Crippen LogP contribution in [-0.2, 0) is 21.9 Å². The Morgan fingerprint density at radius 2 is 1.95 bits per heavy atom. The Hall–Kier alpha value is -2.59. The molecule has 238 valence electrons. The van der Waals surface area contributed by atoms with Crippen molar-refractivity contribution in [1.82, 2.24) is 10.0 Å². The van der Waals surface area contributed by atoms with Gasteiger partial charge in [0.25, 0.3) is 5.91 Å². The summed E-state index contributed by atoms with van der Waals surface area (Å²) in [6.45, 7) is 5.39. The summed E-state index contributed by atoms with van der Waals surface area (Å²) in [6, 6.07) is 11.3. The number of likely N-dealkylation sites (N-methyl/N-ethyl adjacent to an activating group) is 1. The SMILES string of the molecule is CN[C@@H]1/C=C\C(O)[C@@H]2CC[C@H]2CN2C[C@@]3(CCCc4cc(Cl)ccc43)COc3ccc(cc32)C(=O)NS(=O)(=O)[C@H](C)[C@@H](C)C1. The van der Waals surface area contributed by atoms with Crippen LogP contribution in [0, 0.1) is 17.8 Å². The van der Waals surface area contributed by atoms with E-state index < -0.39 is 27.3 Å². The molecule has 10 heteroatoms. The van der Waals surface area contributed by atoms with Crippen molar-refractivity contribution in [1.29, 1.82) is 0 Å². The molecule has 3 N–H and O–H groups in total. The van der Waals surface area contributed by atoms with Gasteiger partial charge in [-0.2, -0.15) is 0 Å². The second-order valence-electron chi connectivity index (χ2n) is 13.5. The summed E-state index contributed by atoms with van der Waals surface area (Å²) in [5.41, 5.74) is 3.29. The van der Waals surface area contributed by atoms with Crippen LogP contribution in [0.15, 0.2) is 48.6 Å². The zero-order valence-electron chi connectivity index (χ0n) is 25.8. The second-order valence-corrected chi connectivity index (χ2v) is 15.9. The van der Waals surface area contributed by atoms with Gasteiger partial charge in [0.05, 0.1) is 23.6 Å². The van der Waals surface area contributed by atoms with Crippen molar-refractivity contribution in [3.8, 4) is 5.75 Å². The minimum atomic E-state index is -3.95. The molecule has 7 atom stereocenters. The Kier molecular flexibility index (Phi) is 8.78. The Bertz CT molecular complexity index is 1550. The molecule has 0 aromatic heterocycles. The van der Waals surface area contributed by atoms with E-state index in [4.69, 9.17) is 16.3 Å². The van der Waals surface area contributed by atoms with E-state index in [0.717, 1.165) is 42.8 Å². The van der Waals surface area contributed by atoms with Gasteiger partial charge >= 0.3 is 0 Å². The lowest BCUT2D eigenvalue weighted by Crippen LogP contribution is -2.49. The molecular formula is C34H44ClN3O5S. The minimum absolute atomic E-state index is 0.109. The van der Waals surface area contributed by atoms with E-state index >= 15 is 0 Å². The first-order chi connectivity index (χ1) is 21.0. The van der Waals surface area contributed by atoms with Gasteiger partial charge in [-0.25, -0.2) is 13.1 Å². The lowest BCUT2D eigenvalue weighted by Gasteiger charge is -2.45. The van der Waals surface area contributed by atoms with E-state index in [9.17, 15) is 18.3 Å². The molecule has 2 aliphatic carbocycles. The molecule has 2 aromatic carbocycles. The average molecular weight is 642 g/mol. The summed E-state index contributed by atoms with van der Waals surface area (Å²) >= 11 is 6.40. The van der Waals surface area contributed by atoms with Crippen LogP contribution in [0.5, 0.6) is 5.75 Å². The summed E-state index contributed by atoms with van der Waals surface area (Å²) in [4.78, 5) is 15.8. The number of anilines is 1. The molecule has 1 unspecified atom stereocenters. The Morgan fingerprint density at radius 1 is 1.14 bits per heavy atom. The summed E-state index contributed by atoms with van der Waals surface area (Å²) in [5.74, 6) is 0.160. The highest BCUT2D eigenvalue weighted by Gasteiger charge is 2.44. The number of amides is 1. The maximum atomic E-state index is 13.5. The number of aryl methyl sites for hydroxylation is 1. The van der Waals surface area contributed by atoms with Crippen molar-refractivity contribution >= 4 is 33.2 Å². The standard InChI is InChI=1S/C34H44ClN3O5S/c1-21-15-27(36-3)9-12-31(39)28-10-6-25(28)18-38-19-34(14-4-5-23-16-26(35)8-11-29(23)34)20-43-32-13-7-24(17-30(32)38)33(40)37-44(41,42)22(21)2/h7-9,11-13,16-17,21-22,25,27-28,31,36,39H,4-6,10,14-15,18-20H2,1-3H3,(H,37,40)/b12-9-/t21-,22+,25-,27+,28+,31?,34-/m0/s1. The number of carbonyl (C=O) groups is 1. The molecule has 1 amide bonds. The van der Waals surface area contributed by atoms with E-state index in [1.54, 1.807) is 25.1 Å². The number of rotatable bonds is 1. The fourth-order valence-electron chi connectivity index (χ4n) is 7.67. The largest absolute Gasteiger partial charge is 0.490 e. The molecule has 6 rings (SSSR count). The monoisotopic (exact) mass is 641 g/mol. The lowest BCUT2D eigenvalue weighted by molar-refractivity contribution is 0.0455. The van der Waals surface area contributed by atoms with Crippen molar-refractivity contribution in [2.24, 2.45) is 17.8 Å². The van der Waals surface area contributed by atoms with Crippen LogP contribution in [0.25, 0.3) is 0 Å². The van der Waals surface area contributed by atoms with E-state index in [1.165, 1.54) is 11.1 Å². The number of halogens is 1. The fraction of sp³-hybridized carbons (Fsp3) is 0.559. The van der Waals surface area contributed by atoms with Crippen molar-refractivity contribution < 1.29 is 23.1 Å². The quantitative estimate of drug-likeness (QED) is 0.383. The third-order valence-electron chi connectivity index (χ3n) is 10.7. The van der Waals surface area contributed by atoms with Gasteiger partial charge in [-0.1, -0.05) is 36.7 Å². The first-order valence-electron chi connectivity index (χ1n) is 15.9. The zero-order valence-corrected chi connectivity index (χ0v) is 27.3. The highest BCUT2D eigenvalue weighted by molar-refractivity contribution is 7.90. The molecule has 8 nitrogen and oxygen atoms in total. The first-order valence-corrected chi connectivity index (χ1v) is 17.8. The van der Waals surface area contributed by atoms with Crippen LogP contribution in [0.4, 0.5) is 5.69 Å². The number of aliphatic hydroxyl groups excluding tert-OH is 1. The fourth-order valence-corrected chi connectivity index (χ4v) is 9.15. The smallest absolute Gasteiger partial charge is 0.264 e. The molecule has 2 heterocycles. The van der Waals surface area contributed by atoms with E-state index in [0.29, 0.717) is 31.9 Å². The van der Waals surface area contributed by atoms with Crippen LogP contribution in [0.3, 0.4) is 0 Å². The van der Waals surface area contributed by atoms with Gasteiger partial charge in [0.15, 0.2) is 0 Å². The van der Waals surface area contributed by atoms with E-state index in [1.807, 2.05) is 32.2 Å². The van der Waals surface area contributed by atoms with Crippen LogP contribution in [-0.4, -0.2) is 63.6 Å². The number of nitrogens with one attached hydrogen (secondary N) is 2. The van der Waals surface area contributed by atoms with Crippen LogP contribution >= 0.6 is 11.6 Å². The number of sulfonamides is 1. The number of aliphatic hydroxyl groups is 1. The third kappa shape index (κ3) is 6.00. The average Bonchev–Trinajstić information content (AvgIpc) is 3.13. The van der Waals surface area contributed by atoms with Crippen molar-refractivity contribution in [3.63, 3.8) is 0 Å². The molecule has 1 saturated carbocycles. The second kappa shape index (κ2) is 12.3. The maximum Gasteiger partial charge on any atom is 0.264 e. The van der Waals surface area contributed by atoms with Gasteiger partial charge in [-0.05, 0) is 112 Å². The Labute approximate surface area is 266 Å². The number of nitrogens with zero attached hydrogens (tertiary/aromatic N) is 1. The molecule has 2 aromatic rings. The summed E-state index contributed by atoms with van der Waals surface area (Å²) in [5, 5.41) is 14.5. The zero-order chi connectivity index (χ0) is 31.2. The van der Waals surface area contributed by atoms with Gasteiger partial charge in [0.1, 0.15) is 5.75 Å². The summed E-state index contributed by atoms with van der Waals surface area (Å²) in [7, 11) is -2.11. The molecule has 4 aliphatic rings. The van der Waals surface area contributed by atoms with Crippen LogP contribution < -0.4 is 19.7 Å². The number of ether oxygens (including phenoxy) is 1. The molecule has 0 saturated heterocycles. The molecule has 1 fully saturated rings. The highest BCUT2D eigenvalue weighted by atomic mass is 35.5. The van der Waals surface area contributed by atoms with Gasteiger partial charge in [-0.15, -0.1) is 0 Å². The predicted molar refractivity (Wildman–Crippen MR) is 174 cm³/mol. The Balaban J connectivity index is 1.42. The highest BCUT2D eigenvalue weighted by Crippen LogP contribution is 2.46. The van der Waals surface area contributed by atoms with E-state index in [2.05, 4.69) is 27.1 Å². The topological polar surface area (TPSA) is 108 Å². The third-order valence-corrected chi connectivity index (χ3v) is 12.9. The Morgan fingerprint density at radius 3 is 2.70 bits per heavy atom. The van der Waals surface area contributed by atoms with Crippen LogP contribution in [0.1, 0.15) is 67.4 Å². The predicted octanol–water partition coefficient (Wildman–Crippen LogP) is 4.83. The van der Waals surface area contributed by atoms with Crippen molar-refractivity contribution in [3.05, 3.63) is 70.3 Å². The molecule has 2 aliphatic heterocycles. The van der Waals surface area contributed by atoms with Gasteiger partial charge < -0.3 is 20.1 Å².